The third kappa shape index (κ3) is 9.42. The molecule has 1 saturated heterocycles. The van der Waals surface area contributed by atoms with E-state index in [0.29, 0.717) is 11.3 Å². The van der Waals surface area contributed by atoms with Crippen LogP contribution in [0, 0.1) is 5.41 Å². The minimum atomic E-state index is -1.36. The Bertz CT molecular complexity index is 1880. The summed E-state index contributed by atoms with van der Waals surface area (Å²) in [5, 5.41) is 5.20. The van der Waals surface area contributed by atoms with Gasteiger partial charge in [0.15, 0.2) is 0 Å². The molecular formula is C41H43N3O8. The molecule has 0 bridgehead atoms. The van der Waals surface area contributed by atoms with Crippen molar-refractivity contribution < 1.29 is 38.2 Å². The van der Waals surface area contributed by atoms with E-state index in [1.165, 1.54) is 11.0 Å². The number of hydrogen-bond donors (Lipinski definition) is 2. The maximum Gasteiger partial charge on any atom is 0.338 e. The van der Waals surface area contributed by atoms with Crippen LogP contribution >= 0.6 is 0 Å². The first-order chi connectivity index (χ1) is 24.8. The number of likely N-dealkylation sites (tertiary alicyclic amines) is 1. The highest BCUT2D eigenvalue weighted by Gasteiger charge is 2.59. The van der Waals surface area contributed by atoms with Gasteiger partial charge in [-0.25, -0.2) is 14.4 Å². The quantitative estimate of drug-likeness (QED) is 0.132. The zero-order valence-electron chi connectivity index (χ0n) is 29.7. The number of anilines is 1. The van der Waals surface area contributed by atoms with E-state index in [9.17, 15) is 24.0 Å². The lowest BCUT2D eigenvalue weighted by Crippen LogP contribution is -2.49. The van der Waals surface area contributed by atoms with E-state index >= 15 is 0 Å². The highest BCUT2D eigenvalue weighted by atomic mass is 16.6. The van der Waals surface area contributed by atoms with Crippen LogP contribution in [0.3, 0.4) is 0 Å². The fraction of sp³-hybridized carbons (Fsp3) is 0.293. The van der Waals surface area contributed by atoms with Crippen molar-refractivity contribution in [3.05, 3.63) is 138 Å². The van der Waals surface area contributed by atoms with Crippen molar-refractivity contribution in [1.29, 1.82) is 0 Å². The summed E-state index contributed by atoms with van der Waals surface area (Å²) in [6, 6.07) is 30.8. The van der Waals surface area contributed by atoms with Crippen LogP contribution in [0.15, 0.2) is 115 Å². The number of nitrogens with one attached hydrogen (secondary N) is 2. The highest BCUT2D eigenvalue weighted by molar-refractivity contribution is 5.96. The number of carbonyl (C=O) groups excluding carboxylic acids is 5. The van der Waals surface area contributed by atoms with Crippen LogP contribution in [-0.2, 0) is 41.8 Å². The number of rotatable bonds is 11. The SMILES string of the molecule is CC(C)(C)OC(=O)C1CC(C)(C(=O)OCc2ccccc2)C(c2ccccc2)N1C(=O)CNC(=O)Nc1cccc(C(=O)OCc2ccccc2)c1. The molecule has 1 fully saturated rings. The first kappa shape index (κ1) is 37.3. The van der Waals surface area contributed by atoms with Crippen LogP contribution in [-0.4, -0.2) is 52.9 Å². The molecule has 3 atom stereocenters. The first-order valence-electron chi connectivity index (χ1n) is 17.0. The Balaban J connectivity index is 1.33. The Labute approximate surface area is 303 Å². The monoisotopic (exact) mass is 705 g/mol. The van der Waals surface area contributed by atoms with Gasteiger partial charge in [0.2, 0.25) is 5.91 Å². The predicted octanol–water partition coefficient (Wildman–Crippen LogP) is 6.60. The van der Waals surface area contributed by atoms with Gasteiger partial charge in [0, 0.05) is 5.69 Å². The summed E-state index contributed by atoms with van der Waals surface area (Å²) in [6.45, 7) is 6.43. The van der Waals surface area contributed by atoms with Gasteiger partial charge in [-0.05, 0) is 69.0 Å². The van der Waals surface area contributed by atoms with Crippen molar-refractivity contribution in [3.8, 4) is 0 Å². The summed E-state index contributed by atoms with van der Waals surface area (Å²) >= 11 is 0. The molecule has 0 radical (unpaired) electrons. The third-order valence-corrected chi connectivity index (χ3v) is 8.57. The topological polar surface area (TPSA) is 140 Å². The van der Waals surface area contributed by atoms with Crippen molar-refractivity contribution in [2.45, 2.75) is 65.0 Å². The number of ether oxygens (including phenoxy) is 3. The molecule has 0 aliphatic carbocycles. The summed E-state index contributed by atoms with van der Waals surface area (Å²) in [7, 11) is 0. The van der Waals surface area contributed by atoms with Gasteiger partial charge in [-0.15, -0.1) is 0 Å². The van der Waals surface area contributed by atoms with Crippen molar-refractivity contribution in [2.75, 3.05) is 11.9 Å². The van der Waals surface area contributed by atoms with Crippen molar-refractivity contribution in [1.82, 2.24) is 10.2 Å². The van der Waals surface area contributed by atoms with Crippen LogP contribution in [0.2, 0.25) is 0 Å². The molecule has 52 heavy (non-hydrogen) atoms. The molecule has 0 spiro atoms. The largest absolute Gasteiger partial charge is 0.460 e. The molecule has 1 aliphatic heterocycles. The van der Waals surface area contributed by atoms with Crippen LogP contribution < -0.4 is 10.6 Å². The number of amides is 3. The molecule has 11 heteroatoms. The van der Waals surface area contributed by atoms with Gasteiger partial charge in [-0.1, -0.05) is 97.1 Å². The van der Waals surface area contributed by atoms with Gasteiger partial charge >= 0.3 is 23.9 Å². The standard InChI is InChI=1S/C41H43N3O8/c1-40(2,3)52-37(47)33-24-41(4,38(48)51-27-29-17-10-6-11-18-29)35(30-19-12-7-13-20-30)44(33)34(45)25-42-39(49)43-32-22-14-21-31(23-32)36(46)50-26-28-15-8-5-9-16-28/h5-23,33,35H,24-27H2,1-4H3,(H2,42,43,49). The smallest absolute Gasteiger partial charge is 0.338 e. The van der Waals surface area contributed by atoms with E-state index in [4.69, 9.17) is 14.2 Å². The Morgan fingerprint density at radius 1 is 0.769 bits per heavy atom. The Hall–Kier alpha value is -5.97. The third-order valence-electron chi connectivity index (χ3n) is 8.57. The van der Waals surface area contributed by atoms with E-state index in [-0.39, 0.29) is 25.2 Å². The molecule has 4 aromatic carbocycles. The molecule has 5 rings (SSSR count). The molecule has 11 nitrogen and oxygen atoms in total. The summed E-state index contributed by atoms with van der Waals surface area (Å²) in [5.41, 5.74) is 0.526. The number of nitrogens with zero attached hydrogens (tertiary/aromatic N) is 1. The second-order valence-electron chi connectivity index (χ2n) is 13.8. The number of hydrogen-bond acceptors (Lipinski definition) is 8. The predicted molar refractivity (Wildman–Crippen MR) is 194 cm³/mol. The fourth-order valence-electron chi connectivity index (χ4n) is 6.18. The van der Waals surface area contributed by atoms with Gasteiger partial charge in [0.1, 0.15) is 24.9 Å². The maximum absolute atomic E-state index is 14.2. The van der Waals surface area contributed by atoms with Crippen LogP contribution in [0.1, 0.15) is 67.2 Å². The Morgan fingerprint density at radius 3 is 1.94 bits per heavy atom. The number of benzene rings is 4. The second kappa shape index (κ2) is 16.4. The lowest BCUT2D eigenvalue weighted by Gasteiger charge is -2.35. The van der Waals surface area contributed by atoms with E-state index in [0.717, 1.165) is 11.1 Å². The van der Waals surface area contributed by atoms with Crippen LogP contribution in [0.5, 0.6) is 0 Å². The van der Waals surface area contributed by atoms with E-state index in [1.54, 1.807) is 70.2 Å². The van der Waals surface area contributed by atoms with Crippen molar-refractivity contribution in [2.24, 2.45) is 5.41 Å². The first-order valence-corrected chi connectivity index (χ1v) is 17.0. The lowest BCUT2D eigenvalue weighted by atomic mass is 9.78. The molecule has 3 unspecified atom stereocenters. The Morgan fingerprint density at radius 2 is 1.35 bits per heavy atom. The Kier molecular flexibility index (Phi) is 11.7. The van der Waals surface area contributed by atoms with E-state index in [2.05, 4.69) is 10.6 Å². The number of urea groups is 1. The van der Waals surface area contributed by atoms with Crippen LogP contribution in [0.4, 0.5) is 10.5 Å². The molecule has 0 saturated carbocycles. The van der Waals surface area contributed by atoms with Crippen LogP contribution in [0.25, 0.3) is 0 Å². The normalized spacial score (nSPS) is 18.2. The average Bonchev–Trinajstić information content (AvgIpc) is 3.47. The molecule has 1 aliphatic rings. The highest BCUT2D eigenvalue weighted by Crippen LogP contribution is 2.51. The van der Waals surface area contributed by atoms with Crippen molar-refractivity contribution in [3.63, 3.8) is 0 Å². The van der Waals surface area contributed by atoms with Gasteiger partial charge in [-0.2, -0.15) is 0 Å². The van der Waals surface area contributed by atoms with E-state index < -0.39 is 59.5 Å². The summed E-state index contributed by atoms with van der Waals surface area (Å²) in [5.74, 6) is -2.44. The molecule has 4 aromatic rings. The molecule has 270 valence electrons. The number of esters is 3. The zero-order chi connectivity index (χ0) is 37.3. The van der Waals surface area contributed by atoms with Gasteiger partial charge < -0.3 is 29.7 Å². The van der Waals surface area contributed by atoms with E-state index in [1.807, 2.05) is 66.7 Å². The molecule has 3 amide bonds. The van der Waals surface area contributed by atoms with Crippen molar-refractivity contribution >= 4 is 35.5 Å². The molecule has 0 aromatic heterocycles. The van der Waals surface area contributed by atoms with Gasteiger partial charge in [-0.3, -0.25) is 9.59 Å². The summed E-state index contributed by atoms with van der Waals surface area (Å²) < 4.78 is 17.0. The van der Waals surface area contributed by atoms with Gasteiger partial charge in [0.25, 0.3) is 0 Å². The lowest BCUT2D eigenvalue weighted by molar-refractivity contribution is -0.164. The molecule has 2 N–H and O–H groups in total. The molecule has 1 heterocycles. The molecular weight excluding hydrogens is 662 g/mol. The maximum atomic E-state index is 14.2. The van der Waals surface area contributed by atoms with Gasteiger partial charge in [0.05, 0.1) is 23.6 Å². The number of carbonyl (C=O) groups is 5. The minimum Gasteiger partial charge on any atom is -0.460 e. The fourth-order valence-corrected chi connectivity index (χ4v) is 6.18. The summed E-state index contributed by atoms with van der Waals surface area (Å²) in [6.07, 6.45) is -0.0692. The average molecular weight is 706 g/mol. The zero-order valence-corrected chi connectivity index (χ0v) is 29.7. The minimum absolute atomic E-state index is 0.00942. The summed E-state index contributed by atoms with van der Waals surface area (Å²) in [4.78, 5) is 68.9. The second-order valence-corrected chi connectivity index (χ2v) is 13.8.